The number of alkyl halides is 1. The van der Waals surface area contributed by atoms with Crippen LogP contribution in [0.5, 0.6) is 0 Å². The molecule has 0 N–H and O–H groups in total. The lowest BCUT2D eigenvalue weighted by atomic mass is 10.1. The predicted molar refractivity (Wildman–Crippen MR) is 62.5 cm³/mol. The minimum Gasteiger partial charge on any atom is -0.307 e. The Bertz CT molecular complexity index is 444. The van der Waals surface area contributed by atoms with Crippen molar-refractivity contribution in [1.82, 2.24) is 0 Å². The third kappa shape index (κ3) is 2.38. The van der Waals surface area contributed by atoms with Gasteiger partial charge in [-0.15, -0.1) is 11.6 Å². The van der Waals surface area contributed by atoms with Crippen molar-refractivity contribution < 1.29 is 13.6 Å². The highest BCUT2D eigenvalue weighted by molar-refractivity contribution is 6.30. The van der Waals surface area contributed by atoms with Gasteiger partial charge >= 0.3 is 0 Å². The van der Waals surface area contributed by atoms with Crippen molar-refractivity contribution in [3.63, 3.8) is 0 Å². The SMILES string of the molecule is O=C1CC(CCl)CN1c1c(F)cc(Cl)cc1F. The summed E-state index contributed by atoms with van der Waals surface area (Å²) in [4.78, 5) is 12.7. The molecule has 1 aromatic rings. The number of carbonyl (C=O) groups excluding carboxylic acids is 1. The third-order valence-corrected chi connectivity index (χ3v) is 3.33. The van der Waals surface area contributed by atoms with E-state index in [4.69, 9.17) is 23.2 Å². The van der Waals surface area contributed by atoms with Crippen molar-refractivity contribution in [3.8, 4) is 0 Å². The number of hydrogen-bond donors (Lipinski definition) is 0. The van der Waals surface area contributed by atoms with Crippen molar-refractivity contribution in [2.75, 3.05) is 17.3 Å². The molecule has 1 aliphatic heterocycles. The van der Waals surface area contributed by atoms with Gasteiger partial charge in [0.2, 0.25) is 5.91 Å². The number of benzene rings is 1. The number of carbonyl (C=O) groups is 1. The molecule has 1 aliphatic rings. The summed E-state index contributed by atoms with van der Waals surface area (Å²) in [6.07, 6.45) is 0.213. The molecular formula is C11H9Cl2F2NO. The summed E-state index contributed by atoms with van der Waals surface area (Å²) in [7, 11) is 0. The highest BCUT2D eigenvalue weighted by Crippen LogP contribution is 2.32. The fraction of sp³-hybridized carbons (Fsp3) is 0.364. The molecule has 6 heteroatoms. The van der Waals surface area contributed by atoms with Crippen LogP contribution in [0.2, 0.25) is 5.02 Å². The minimum absolute atomic E-state index is 0.0377. The molecule has 1 heterocycles. The molecule has 1 saturated heterocycles. The smallest absolute Gasteiger partial charge is 0.227 e. The van der Waals surface area contributed by atoms with E-state index in [1.54, 1.807) is 0 Å². The fourth-order valence-corrected chi connectivity index (χ4v) is 2.29. The Balaban J connectivity index is 2.38. The molecule has 0 aliphatic carbocycles. The van der Waals surface area contributed by atoms with Crippen LogP contribution in [0.4, 0.5) is 14.5 Å². The summed E-state index contributed by atoms with van der Waals surface area (Å²) in [5.41, 5.74) is -0.341. The van der Waals surface area contributed by atoms with Gasteiger partial charge < -0.3 is 4.90 Å². The van der Waals surface area contributed by atoms with E-state index in [1.807, 2.05) is 0 Å². The zero-order valence-corrected chi connectivity index (χ0v) is 10.2. The number of rotatable bonds is 2. The zero-order valence-electron chi connectivity index (χ0n) is 8.72. The Labute approximate surface area is 107 Å². The van der Waals surface area contributed by atoms with Gasteiger partial charge in [0.1, 0.15) is 5.69 Å². The fourth-order valence-electron chi connectivity index (χ4n) is 1.89. The molecule has 1 fully saturated rings. The summed E-state index contributed by atoms with van der Waals surface area (Å²) in [5.74, 6) is -1.77. The number of hydrogen-bond acceptors (Lipinski definition) is 1. The van der Waals surface area contributed by atoms with Crippen molar-refractivity contribution in [1.29, 1.82) is 0 Å². The van der Waals surface area contributed by atoms with Crippen molar-refractivity contribution in [2.45, 2.75) is 6.42 Å². The number of halogens is 4. The molecule has 92 valence electrons. The largest absolute Gasteiger partial charge is 0.307 e. The molecule has 2 rings (SSSR count). The monoisotopic (exact) mass is 279 g/mol. The Morgan fingerprint density at radius 1 is 1.35 bits per heavy atom. The molecule has 0 bridgehead atoms. The summed E-state index contributed by atoms with van der Waals surface area (Å²) < 4.78 is 27.2. The summed E-state index contributed by atoms with van der Waals surface area (Å²) in [6, 6.07) is 1.97. The number of amides is 1. The van der Waals surface area contributed by atoms with Crippen LogP contribution in [0, 0.1) is 17.6 Å². The van der Waals surface area contributed by atoms with Crippen LogP contribution < -0.4 is 4.90 Å². The predicted octanol–water partition coefficient (Wildman–Crippen LogP) is 3.21. The lowest BCUT2D eigenvalue weighted by Crippen LogP contribution is -2.26. The van der Waals surface area contributed by atoms with Crippen LogP contribution in [0.25, 0.3) is 0 Å². The van der Waals surface area contributed by atoms with Crippen molar-refractivity contribution in [3.05, 3.63) is 28.8 Å². The van der Waals surface area contributed by atoms with Crippen LogP contribution in [-0.4, -0.2) is 18.3 Å². The van der Waals surface area contributed by atoms with E-state index in [0.717, 1.165) is 17.0 Å². The minimum atomic E-state index is -0.835. The van der Waals surface area contributed by atoms with Crippen LogP contribution in [-0.2, 0) is 4.79 Å². The molecule has 17 heavy (non-hydrogen) atoms. The number of nitrogens with zero attached hydrogens (tertiary/aromatic N) is 1. The van der Waals surface area contributed by atoms with Gasteiger partial charge in [-0.3, -0.25) is 4.79 Å². The first-order valence-corrected chi connectivity index (χ1v) is 5.95. The van der Waals surface area contributed by atoms with Gasteiger partial charge in [-0.2, -0.15) is 0 Å². The molecule has 0 spiro atoms. The van der Waals surface area contributed by atoms with E-state index in [2.05, 4.69) is 0 Å². The highest BCUT2D eigenvalue weighted by atomic mass is 35.5. The Hall–Kier alpha value is -0.870. The Morgan fingerprint density at radius 3 is 2.41 bits per heavy atom. The highest BCUT2D eigenvalue weighted by Gasteiger charge is 2.33. The second-order valence-electron chi connectivity index (χ2n) is 3.95. The van der Waals surface area contributed by atoms with E-state index >= 15 is 0 Å². The summed E-state index contributed by atoms with van der Waals surface area (Å²) in [6.45, 7) is 0.234. The topological polar surface area (TPSA) is 20.3 Å². The molecule has 2 nitrogen and oxygen atoms in total. The first-order chi connectivity index (χ1) is 8.02. The first kappa shape index (κ1) is 12.6. The van der Waals surface area contributed by atoms with Gasteiger partial charge in [-0.05, 0) is 18.1 Å². The third-order valence-electron chi connectivity index (χ3n) is 2.67. The lowest BCUT2D eigenvalue weighted by Gasteiger charge is -2.18. The van der Waals surface area contributed by atoms with E-state index in [-0.39, 0.29) is 35.5 Å². The Morgan fingerprint density at radius 2 is 1.94 bits per heavy atom. The summed E-state index contributed by atoms with van der Waals surface area (Å²) >= 11 is 11.2. The molecule has 0 saturated carbocycles. The average molecular weight is 280 g/mol. The van der Waals surface area contributed by atoms with Gasteiger partial charge in [-0.1, -0.05) is 11.6 Å². The van der Waals surface area contributed by atoms with E-state index in [9.17, 15) is 13.6 Å². The second-order valence-corrected chi connectivity index (χ2v) is 4.69. The first-order valence-electron chi connectivity index (χ1n) is 5.03. The van der Waals surface area contributed by atoms with E-state index < -0.39 is 11.6 Å². The van der Waals surface area contributed by atoms with Crippen LogP contribution >= 0.6 is 23.2 Å². The van der Waals surface area contributed by atoms with Crippen molar-refractivity contribution in [2.24, 2.45) is 5.92 Å². The lowest BCUT2D eigenvalue weighted by molar-refractivity contribution is -0.117. The van der Waals surface area contributed by atoms with Gasteiger partial charge in [0, 0.05) is 23.9 Å². The standard InChI is InChI=1S/C11H9Cl2F2NO/c12-4-6-1-10(17)16(5-6)11-8(14)2-7(13)3-9(11)15/h2-3,6H,1,4-5H2. The number of anilines is 1. The van der Waals surface area contributed by atoms with Gasteiger partial charge in [0.15, 0.2) is 11.6 Å². The molecule has 1 unspecified atom stereocenters. The van der Waals surface area contributed by atoms with Crippen LogP contribution in [0.3, 0.4) is 0 Å². The molecule has 1 aromatic carbocycles. The maximum absolute atomic E-state index is 13.6. The molecule has 0 aromatic heterocycles. The van der Waals surface area contributed by atoms with Crippen LogP contribution in [0.1, 0.15) is 6.42 Å². The average Bonchev–Trinajstić information content (AvgIpc) is 2.59. The maximum atomic E-state index is 13.6. The molecule has 1 atom stereocenters. The van der Waals surface area contributed by atoms with Gasteiger partial charge in [0.05, 0.1) is 0 Å². The van der Waals surface area contributed by atoms with E-state index in [1.165, 1.54) is 0 Å². The normalized spacial score (nSPS) is 20.1. The maximum Gasteiger partial charge on any atom is 0.227 e. The van der Waals surface area contributed by atoms with Gasteiger partial charge in [0.25, 0.3) is 0 Å². The second kappa shape index (κ2) is 4.78. The molecule has 1 amide bonds. The summed E-state index contributed by atoms with van der Waals surface area (Å²) in [5, 5.41) is -0.0377. The van der Waals surface area contributed by atoms with Crippen molar-refractivity contribution >= 4 is 34.8 Å². The quantitative estimate of drug-likeness (QED) is 0.762. The van der Waals surface area contributed by atoms with E-state index in [0.29, 0.717) is 5.88 Å². The van der Waals surface area contributed by atoms with Gasteiger partial charge in [-0.25, -0.2) is 8.78 Å². The van der Waals surface area contributed by atoms with Crippen LogP contribution in [0.15, 0.2) is 12.1 Å². The molecular weight excluding hydrogens is 271 g/mol. The zero-order chi connectivity index (χ0) is 12.6. The molecule has 0 radical (unpaired) electrons. The Kier molecular flexibility index (Phi) is 3.54.